The third-order valence-electron chi connectivity index (χ3n) is 6.01. The lowest BCUT2D eigenvalue weighted by atomic mass is 9.57. The summed E-state index contributed by atoms with van der Waals surface area (Å²) in [5, 5.41) is 12.2. The highest BCUT2D eigenvalue weighted by molar-refractivity contribution is 5.76. The van der Waals surface area contributed by atoms with E-state index in [-0.39, 0.29) is 29.5 Å². The summed E-state index contributed by atoms with van der Waals surface area (Å²) in [6.07, 6.45) is 3.97. The molecule has 0 aromatic heterocycles. The van der Waals surface area contributed by atoms with Crippen molar-refractivity contribution in [3.05, 3.63) is 0 Å². The van der Waals surface area contributed by atoms with E-state index in [2.05, 4.69) is 5.32 Å². The largest absolute Gasteiger partial charge is 0.481 e. The summed E-state index contributed by atoms with van der Waals surface area (Å²) in [7, 11) is 0. The second-order valence-electron chi connectivity index (χ2n) is 7.13. The molecular weight excluding hydrogens is 312 g/mol. The number of nitrogens with zero attached hydrogens (tertiary/aromatic N) is 1. The van der Waals surface area contributed by atoms with Gasteiger partial charge < -0.3 is 24.8 Å². The molecule has 3 fully saturated rings. The van der Waals surface area contributed by atoms with E-state index >= 15 is 0 Å². The van der Waals surface area contributed by atoms with Crippen LogP contribution >= 0.6 is 0 Å². The Hall–Kier alpha value is -1.34. The smallest absolute Gasteiger partial charge is 0.317 e. The lowest BCUT2D eigenvalue weighted by Crippen LogP contribution is -2.67. The number of amides is 2. The average molecular weight is 340 g/mol. The Labute approximate surface area is 142 Å². The molecule has 24 heavy (non-hydrogen) atoms. The maximum atomic E-state index is 12.6. The Bertz CT molecular complexity index is 470. The van der Waals surface area contributed by atoms with E-state index in [0.29, 0.717) is 32.5 Å². The van der Waals surface area contributed by atoms with Gasteiger partial charge in [0.15, 0.2) is 0 Å². The molecule has 7 nitrogen and oxygen atoms in total. The van der Waals surface area contributed by atoms with Crippen molar-refractivity contribution < 1.29 is 24.2 Å². The number of hydrogen-bond acceptors (Lipinski definition) is 4. The summed E-state index contributed by atoms with van der Waals surface area (Å²) in [6.45, 7) is 5.17. The Morgan fingerprint density at radius 1 is 1.29 bits per heavy atom. The van der Waals surface area contributed by atoms with E-state index in [1.807, 2.05) is 6.92 Å². The number of urea groups is 1. The van der Waals surface area contributed by atoms with Crippen LogP contribution in [0.1, 0.15) is 39.0 Å². The van der Waals surface area contributed by atoms with Crippen LogP contribution in [0.3, 0.4) is 0 Å². The van der Waals surface area contributed by atoms with Crippen LogP contribution in [0, 0.1) is 11.3 Å². The van der Waals surface area contributed by atoms with Crippen molar-refractivity contribution in [2.24, 2.45) is 11.3 Å². The first-order valence-corrected chi connectivity index (χ1v) is 9.04. The van der Waals surface area contributed by atoms with Crippen LogP contribution in [0.15, 0.2) is 0 Å². The fourth-order valence-electron chi connectivity index (χ4n) is 4.38. The number of hydrogen-bond donors (Lipinski definition) is 2. The minimum atomic E-state index is -0.755. The number of rotatable bonds is 4. The maximum absolute atomic E-state index is 12.6. The summed E-state index contributed by atoms with van der Waals surface area (Å²) in [6, 6.07) is 0.0623. The van der Waals surface area contributed by atoms with Gasteiger partial charge in [0.1, 0.15) is 0 Å². The molecule has 1 saturated carbocycles. The lowest BCUT2D eigenvalue weighted by molar-refractivity contribution is -0.170. The first-order valence-electron chi connectivity index (χ1n) is 9.04. The van der Waals surface area contributed by atoms with Crippen LogP contribution in [0.5, 0.6) is 0 Å². The van der Waals surface area contributed by atoms with Gasteiger partial charge in [-0.2, -0.15) is 0 Å². The molecule has 1 spiro atoms. The molecule has 2 saturated heterocycles. The molecule has 2 amide bonds. The van der Waals surface area contributed by atoms with E-state index in [4.69, 9.17) is 14.6 Å². The topological polar surface area (TPSA) is 88.1 Å². The maximum Gasteiger partial charge on any atom is 0.317 e. The molecule has 0 radical (unpaired) electrons. The monoisotopic (exact) mass is 340 g/mol. The van der Waals surface area contributed by atoms with Gasteiger partial charge in [-0.25, -0.2) is 4.79 Å². The molecule has 2 aliphatic heterocycles. The van der Waals surface area contributed by atoms with Gasteiger partial charge in [0.05, 0.1) is 12.0 Å². The highest BCUT2D eigenvalue weighted by Gasteiger charge is 2.56. The molecule has 3 aliphatic rings. The van der Waals surface area contributed by atoms with Gasteiger partial charge in [-0.3, -0.25) is 4.79 Å². The first-order chi connectivity index (χ1) is 11.6. The Morgan fingerprint density at radius 2 is 1.96 bits per heavy atom. The number of carbonyl (C=O) groups excluding carboxylic acids is 1. The number of nitrogens with one attached hydrogen (secondary N) is 1. The van der Waals surface area contributed by atoms with E-state index in [1.54, 1.807) is 4.90 Å². The Balaban J connectivity index is 1.55. The number of carboxylic acid groups (broad SMARTS) is 1. The van der Waals surface area contributed by atoms with E-state index in [9.17, 15) is 9.59 Å². The van der Waals surface area contributed by atoms with Crippen LogP contribution < -0.4 is 5.32 Å². The minimum Gasteiger partial charge on any atom is -0.481 e. The summed E-state index contributed by atoms with van der Waals surface area (Å²) >= 11 is 0. The van der Waals surface area contributed by atoms with Crippen molar-refractivity contribution in [3.8, 4) is 0 Å². The van der Waals surface area contributed by atoms with E-state index in [0.717, 1.165) is 32.5 Å². The fraction of sp³-hybridized carbons (Fsp3) is 0.882. The van der Waals surface area contributed by atoms with Crippen LogP contribution in [0.25, 0.3) is 0 Å². The van der Waals surface area contributed by atoms with Crippen LogP contribution in [-0.4, -0.2) is 67.1 Å². The molecule has 0 bridgehead atoms. The van der Waals surface area contributed by atoms with E-state index < -0.39 is 5.97 Å². The zero-order valence-corrected chi connectivity index (χ0v) is 14.3. The second-order valence-corrected chi connectivity index (χ2v) is 7.13. The van der Waals surface area contributed by atoms with Gasteiger partial charge in [0.25, 0.3) is 0 Å². The average Bonchev–Trinajstić information content (AvgIpc) is 2.61. The van der Waals surface area contributed by atoms with Gasteiger partial charge in [-0.15, -0.1) is 0 Å². The quantitative estimate of drug-likeness (QED) is 0.809. The molecule has 2 N–H and O–H groups in total. The van der Waals surface area contributed by atoms with Crippen LogP contribution in [-0.2, 0) is 14.3 Å². The predicted octanol–water partition coefficient (Wildman–Crippen LogP) is 1.47. The SMILES string of the molecule is CCOC1CC(NC(=O)N2CCC(C(=O)O)CC2)C12CCOCC2. The molecule has 2 atom stereocenters. The molecule has 1 aliphatic carbocycles. The summed E-state index contributed by atoms with van der Waals surface area (Å²) in [4.78, 5) is 25.3. The highest BCUT2D eigenvalue weighted by Crippen LogP contribution is 2.50. The van der Waals surface area contributed by atoms with Gasteiger partial charge >= 0.3 is 12.0 Å². The molecule has 2 heterocycles. The van der Waals surface area contributed by atoms with Crippen molar-refractivity contribution in [1.29, 1.82) is 0 Å². The van der Waals surface area contributed by atoms with Gasteiger partial charge in [-0.1, -0.05) is 0 Å². The number of carboxylic acids is 1. The van der Waals surface area contributed by atoms with E-state index in [1.165, 1.54) is 0 Å². The second kappa shape index (κ2) is 7.27. The summed E-state index contributed by atoms with van der Waals surface area (Å²) < 4.78 is 11.4. The lowest BCUT2D eigenvalue weighted by Gasteiger charge is -2.57. The fourth-order valence-corrected chi connectivity index (χ4v) is 4.38. The number of ether oxygens (including phenoxy) is 2. The van der Waals surface area contributed by atoms with Crippen LogP contribution in [0.4, 0.5) is 4.79 Å². The molecule has 136 valence electrons. The molecular formula is C17H28N2O5. The zero-order chi connectivity index (χ0) is 17.2. The standard InChI is InChI=1S/C17H28N2O5/c1-2-24-14-11-13(17(14)5-9-23-10-6-17)18-16(22)19-7-3-12(4-8-19)15(20)21/h12-14H,2-11H2,1H3,(H,18,22)(H,20,21). The van der Waals surface area contributed by atoms with Crippen LogP contribution in [0.2, 0.25) is 0 Å². The third kappa shape index (κ3) is 3.24. The number of aliphatic carboxylic acids is 1. The van der Waals surface area contributed by atoms with Crippen molar-refractivity contribution in [2.45, 2.75) is 51.2 Å². The predicted molar refractivity (Wildman–Crippen MR) is 86.8 cm³/mol. The molecule has 3 rings (SSSR count). The summed E-state index contributed by atoms with van der Waals surface area (Å²) in [5.41, 5.74) is 0.00328. The number of piperidine rings is 1. The van der Waals surface area contributed by atoms with Gasteiger partial charge in [0.2, 0.25) is 0 Å². The number of likely N-dealkylation sites (tertiary alicyclic amines) is 1. The molecule has 0 aromatic rings. The molecule has 7 heteroatoms. The minimum absolute atomic E-state index is 0.00328. The highest BCUT2D eigenvalue weighted by atomic mass is 16.5. The molecule has 0 aromatic carbocycles. The third-order valence-corrected chi connectivity index (χ3v) is 6.01. The van der Waals surface area contributed by atoms with Crippen molar-refractivity contribution in [3.63, 3.8) is 0 Å². The number of carbonyl (C=O) groups is 2. The van der Waals surface area contributed by atoms with Gasteiger partial charge in [-0.05, 0) is 39.0 Å². The first kappa shape index (κ1) is 17.5. The summed E-state index contributed by atoms with van der Waals surface area (Å²) in [5.74, 6) is -1.07. The normalized spacial score (nSPS) is 30.0. The Morgan fingerprint density at radius 3 is 2.54 bits per heavy atom. The molecule has 2 unspecified atom stereocenters. The van der Waals surface area contributed by atoms with Gasteiger partial charge in [0, 0.05) is 44.4 Å². The zero-order valence-electron chi connectivity index (χ0n) is 14.3. The van der Waals surface area contributed by atoms with Crippen molar-refractivity contribution in [1.82, 2.24) is 10.2 Å². The Kier molecular flexibility index (Phi) is 5.30. The van der Waals surface area contributed by atoms with Crippen molar-refractivity contribution >= 4 is 12.0 Å². The van der Waals surface area contributed by atoms with Crippen molar-refractivity contribution in [2.75, 3.05) is 32.9 Å².